The van der Waals surface area contributed by atoms with Crippen LogP contribution in [0.2, 0.25) is 0 Å². The van der Waals surface area contributed by atoms with Crippen molar-refractivity contribution in [3.8, 4) is 0 Å². The van der Waals surface area contributed by atoms with Crippen LogP contribution in [0.3, 0.4) is 0 Å². The van der Waals surface area contributed by atoms with Crippen LogP contribution in [0, 0.1) is 5.82 Å². The third-order valence-corrected chi connectivity index (χ3v) is 4.06. The van der Waals surface area contributed by atoms with Crippen molar-refractivity contribution in [1.82, 2.24) is 0 Å². The van der Waals surface area contributed by atoms with Gasteiger partial charge < -0.3 is 5.11 Å². The normalized spacial score (nSPS) is 12.4. The van der Waals surface area contributed by atoms with E-state index in [9.17, 15) is 9.50 Å². The molecule has 1 N–H and O–H groups in total. The summed E-state index contributed by atoms with van der Waals surface area (Å²) in [5.41, 5.74) is 1.61. The zero-order valence-electron chi connectivity index (χ0n) is 10.1. The average Bonchev–Trinajstić information content (AvgIpc) is 2.41. The van der Waals surface area contributed by atoms with Gasteiger partial charge in [0.15, 0.2) is 0 Å². The van der Waals surface area contributed by atoms with Crippen molar-refractivity contribution >= 4 is 31.9 Å². The fourth-order valence-corrected chi connectivity index (χ4v) is 2.66. The fourth-order valence-electron chi connectivity index (χ4n) is 1.99. The molecule has 0 aliphatic heterocycles. The number of rotatable bonds is 4. The predicted molar refractivity (Wildman–Crippen MR) is 81.8 cm³/mol. The van der Waals surface area contributed by atoms with Gasteiger partial charge >= 0.3 is 0 Å². The lowest BCUT2D eigenvalue weighted by molar-refractivity contribution is 0.263. The molecule has 0 spiro atoms. The van der Waals surface area contributed by atoms with E-state index in [-0.39, 0.29) is 18.3 Å². The Kier molecular flexibility index (Phi) is 5.13. The number of aliphatic hydroxyl groups excluding tert-OH is 1. The maximum atomic E-state index is 13.7. The van der Waals surface area contributed by atoms with Crippen LogP contribution in [0.25, 0.3) is 0 Å². The van der Waals surface area contributed by atoms with E-state index in [0.717, 1.165) is 14.5 Å². The molecule has 0 amide bonds. The second kappa shape index (κ2) is 6.64. The Balaban J connectivity index is 2.23. The first-order valence-electron chi connectivity index (χ1n) is 5.90. The van der Waals surface area contributed by atoms with E-state index in [4.69, 9.17) is 0 Å². The van der Waals surface area contributed by atoms with Gasteiger partial charge in [-0.1, -0.05) is 44.0 Å². The lowest BCUT2D eigenvalue weighted by Crippen LogP contribution is -2.09. The minimum absolute atomic E-state index is 0.00636. The molecule has 0 radical (unpaired) electrons. The zero-order chi connectivity index (χ0) is 13.8. The summed E-state index contributed by atoms with van der Waals surface area (Å²) >= 11 is 6.71. The molecule has 0 fully saturated rings. The largest absolute Gasteiger partial charge is 0.396 e. The summed E-state index contributed by atoms with van der Waals surface area (Å²) in [4.78, 5) is 0. The zero-order valence-corrected chi connectivity index (χ0v) is 13.3. The quantitative estimate of drug-likeness (QED) is 0.808. The van der Waals surface area contributed by atoms with Crippen LogP contribution in [0.15, 0.2) is 51.4 Å². The van der Waals surface area contributed by atoms with E-state index in [1.54, 1.807) is 12.1 Å². The topological polar surface area (TPSA) is 20.2 Å². The lowest BCUT2D eigenvalue weighted by Gasteiger charge is -2.15. The molecule has 1 atom stereocenters. The molecule has 2 aromatic rings. The number of hydrogen-bond acceptors (Lipinski definition) is 1. The van der Waals surface area contributed by atoms with Gasteiger partial charge in [0.05, 0.1) is 6.61 Å². The van der Waals surface area contributed by atoms with Crippen LogP contribution in [0.1, 0.15) is 17.0 Å². The number of aliphatic hydroxyl groups is 1. The van der Waals surface area contributed by atoms with Crippen LogP contribution in [0.4, 0.5) is 4.39 Å². The number of hydrogen-bond donors (Lipinski definition) is 1. The van der Waals surface area contributed by atoms with Crippen molar-refractivity contribution in [1.29, 1.82) is 0 Å². The average molecular weight is 388 g/mol. The summed E-state index contributed by atoms with van der Waals surface area (Å²) < 4.78 is 15.6. The number of benzene rings is 2. The van der Waals surface area contributed by atoms with Crippen molar-refractivity contribution in [2.75, 3.05) is 6.61 Å². The van der Waals surface area contributed by atoms with E-state index in [0.29, 0.717) is 12.0 Å². The summed E-state index contributed by atoms with van der Waals surface area (Å²) in [6.07, 6.45) is 0.476. The number of halogens is 3. The van der Waals surface area contributed by atoms with E-state index < -0.39 is 0 Å². The molecule has 0 aliphatic rings. The van der Waals surface area contributed by atoms with Crippen molar-refractivity contribution in [2.45, 2.75) is 12.3 Å². The smallest absolute Gasteiger partial charge is 0.126 e. The molecule has 4 heteroatoms. The molecular formula is C15H13Br2FO. The molecule has 0 heterocycles. The Bertz CT molecular complexity index is 555. The van der Waals surface area contributed by atoms with E-state index in [2.05, 4.69) is 31.9 Å². The summed E-state index contributed by atoms with van der Waals surface area (Å²) in [6, 6.07) is 12.6. The van der Waals surface area contributed by atoms with Gasteiger partial charge in [0, 0.05) is 14.9 Å². The summed E-state index contributed by atoms with van der Waals surface area (Å²) in [7, 11) is 0. The van der Waals surface area contributed by atoms with Gasteiger partial charge in [0.2, 0.25) is 0 Å². The summed E-state index contributed by atoms with van der Waals surface area (Å²) in [6.45, 7) is -0.00636. The predicted octanol–water partition coefficient (Wildman–Crippen LogP) is 4.67. The first kappa shape index (κ1) is 14.7. The van der Waals surface area contributed by atoms with Crippen LogP contribution >= 0.6 is 31.9 Å². The first-order chi connectivity index (χ1) is 9.10. The molecule has 0 aromatic heterocycles. The molecular weight excluding hydrogens is 375 g/mol. The van der Waals surface area contributed by atoms with Gasteiger partial charge in [-0.2, -0.15) is 0 Å². The fraction of sp³-hybridized carbons (Fsp3) is 0.200. The van der Waals surface area contributed by atoms with Crippen molar-refractivity contribution in [3.63, 3.8) is 0 Å². The molecule has 19 heavy (non-hydrogen) atoms. The molecule has 2 aromatic carbocycles. The Morgan fingerprint density at radius 1 is 1.00 bits per heavy atom. The van der Waals surface area contributed by atoms with E-state index in [1.165, 1.54) is 6.07 Å². The van der Waals surface area contributed by atoms with Gasteiger partial charge in [-0.15, -0.1) is 0 Å². The molecule has 0 saturated carbocycles. The molecule has 1 unspecified atom stereocenters. The van der Waals surface area contributed by atoms with E-state index in [1.807, 2.05) is 24.3 Å². The van der Waals surface area contributed by atoms with Crippen LogP contribution < -0.4 is 0 Å². The highest BCUT2D eigenvalue weighted by molar-refractivity contribution is 9.10. The summed E-state index contributed by atoms with van der Waals surface area (Å²) in [5.74, 6) is -0.337. The second-order valence-corrected chi connectivity index (χ2v) is 6.20. The van der Waals surface area contributed by atoms with Crippen molar-refractivity contribution in [3.05, 3.63) is 68.4 Å². The standard InChI is InChI=1S/C15H13Br2FO/c16-13-3-1-10(2-4-13)12(9-19)7-11-8-14(17)5-6-15(11)18/h1-6,8,12,19H,7,9H2. The van der Waals surface area contributed by atoms with Crippen LogP contribution in [0.5, 0.6) is 0 Å². The highest BCUT2D eigenvalue weighted by Crippen LogP contribution is 2.25. The molecule has 100 valence electrons. The van der Waals surface area contributed by atoms with Gasteiger partial charge in [-0.05, 0) is 47.9 Å². The minimum atomic E-state index is -0.237. The Morgan fingerprint density at radius 3 is 2.26 bits per heavy atom. The molecule has 2 rings (SSSR count). The Hall–Kier alpha value is -0.710. The minimum Gasteiger partial charge on any atom is -0.396 e. The monoisotopic (exact) mass is 386 g/mol. The maximum absolute atomic E-state index is 13.7. The Labute approximate surface area is 128 Å². The van der Waals surface area contributed by atoms with Gasteiger partial charge in [0.25, 0.3) is 0 Å². The molecule has 0 bridgehead atoms. The highest BCUT2D eigenvalue weighted by Gasteiger charge is 2.14. The van der Waals surface area contributed by atoms with E-state index >= 15 is 0 Å². The maximum Gasteiger partial charge on any atom is 0.126 e. The second-order valence-electron chi connectivity index (χ2n) is 4.37. The Morgan fingerprint density at radius 2 is 1.63 bits per heavy atom. The van der Waals surface area contributed by atoms with Crippen molar-refractivity contribution < 1.29 is 9.50 Å². The van der Waals surface area contributed by atoms with Gasteiger partial charge in [-0.25, -0.2) is 4.39 Å². The third-order valence-electron chi connectivity index (χ3n) is 3.04. The van der Waals surface area contributed by atoms with Gasteiger partial charge in [-0.3, -0.25) is 0 Å². The lowest BCUT2D eigenvalue weighted by atomic mass is 9.92. The molecule has 0 saturated heterocycles. The third kappa shape index (κ3) is 3.88. The SMILES string of the molecule is OCC(Cc1cc(Br)ccc1F)c1ccc(Br)cc1. The highest BCUT2D eigenvalue weighted by atomic mass is 79.9. The van der Waals surface area contributed by atoms with Crippen LogP contribution in [-0.2, 0) is 6.42 Å². The first-order valence-corrected chi connectivity index (χ1v) is 7.49. The van der Waals surface area contributed by atoms with Crippen molar-refractivity contribution in [2.24, 2.45) is 0 Å². The molecule has 0 aliphatic carbocycles. The molecule has 1 nitrogen and oxygen atoms in total. The summed E-state index contributed by atoms with van der Waals surface area (Å²) in [5, 5.41) is 9.52. The van der Waals surface area contributed by atoms with Crippen LogP contribution in [-0.4, -0.2) is 11.7 Å². The van der Waals surface area contributed by atoms with Gasteiger partial charge in [0.1, 0.15) is 5.82 Å².